The van der Waals surface area contributed by atoms with Crippen molar-refractivity contribution in [2.75, 3.05) is 11.9 Å². The fourth-order valence-corrected chi connectivity index (χ4v) is 3.41. The van der Waals surface area contributed by atoms with Crippen LogP contribution in [0.4, 0.5) is 10.1 Å². The fourth-order valence-electron chi connectivity index (χ4n) is 3.41. The number of carbonyl (C=O) groups excluding carboxylic acids is 3. The van der Waals surface area contributed by atoms with Crippen molar-refractivity contribution < 1.29 is 28.2 Å². The number of benzene rings is 2. The molecule has 0 spiro atoms. The maximum atomic E-state index is 13.4. The summed E-state index contributed by atoms with van der Waals surface area (Å²) in [6.45, 7) is 7.01. The lowest BCUT2D eigenvalue weighted by Crippen LogP contribution is -2.41. The molecule has 1 amide bonds. The predicted octanol–water partition coefficient (Wildman–Crippen LogP) is 4.08. The summed E-state index contributed by atoms with van der Waals surface area (Å²) in [7, 11) is 0. The highest BCUT2D eigenvalue weighted by atomic mass is 19.1. The largest absolute Gasteiger partial charge is 0.461 e. The van der Waals surface area contributed by atoms with Gasteiger partial charge in [0.1, 0.15) is 17.1 Å². The minimum Gasteiger partial charge on any atom is -0.461 e. The molecule has 2 aromatic carbocycles. The molecule has 1 heterocycles. The van der Waals surface area contributed by atoms with Crippen molar-refractivity contribution in [2.24, 2.45) is 11.7 Å². The summed E-state index contributed by atoms with van der Waals surface area (Å²) in [5.41, 5.74) is 7.20. The van der Waals surface area contributed by atoms with Gasteiger partial charge in [0.15, 0.2) is 5.92 Å². The summed E-state index contributed by atoms with van der Waals surface area (Å²) in [4.78, 5) is 41.1. The first-order chi connectivity index (χ1) is 16.0. The molecular formula is C25H28FN3O5. The molecule has 0 bridgehead atoms. The van der Waals surface area contributed by atoms with Gasteiger partial charge in [-0.25, -0.2) is 9.18 Å². The van der Waals surface area contributed by atoms with Crippen LogP contribution in [0, 0.1) is 11.7 Å². The highest BCUT2D eigenvalue weighted by Gasteiger charge is 2.37. The average molecular weight is 470 g/mol. The lowest BCUT2D eigenvalue weighted by molar-refractivity contribution is -0.162. The van der Waals surface area contributed by atoms with E-state index in [9.17, 15) is 18.8 Å². The van der Waals surface area contributed by atoms with Crippen LogP contribution in [0.2, 0.25) is 0 Å². The Kier molecular flexibility index (Phi) is 7.36. The van der Waals surface area contributed by atoms with Gasteiger partial charge in [0, 0.05) is 16.6 Å². The van der Waals surface area contributed by atoms with Crippen molar-refractivity contribution in [3.8, 4) is 0 Å². The number of aromatic amines is 1. The third-order valence-electron chi connectivity index (χ3n) is 4.94. The van der Waals surface area contributed by atoms with Gasteiger partial charge in [-0.3, -0.25) is 9.59 Å². The number of halogens is 1. The van der Waals surface area contributed by atoms with Gasteiger partial charge in [0.2, 0.25) is 5.91 Å². The number of carbonyl (C=O) groups is 3. The standard InChI is InChI=1S/C25H28FN3O5/c1-5-33-23(31)19-13-15-12-17(10-11-18(15)29-19)28-22(30)20(24(32)34-25(2,3)4)21(27)14-6-8-16(26)9-7-14/h6-13,20-21,29H,5,27H2,1-4H3,(H,28,30)/t20-,21?/m0/s1. The predicted molar refractivity (Wildman–Crippen MR) is 126 cm³/mol. The van der Waals surface area contributed by atoms with Crippen LogP contribution in [0.3, 0.4) is 0 Å². The Labute approximate surface area is 196 Å². The van der Waals surface area contributed by atoms with Gasteiger partial charge in [0.05, 0.1) is 12.6 Å². The molecule has 9 heteroatoms. The highest BCUT2D eigenvalue weighted by Crippen LogP contribution is 2.26. The Morgan fingerprint density at radius 3 is 2.38 bits per heavy atom. The minimum atomic E-state index is -1.39. The number of aromatic nitrogens is 1. The molecule has 0 radical (unpaired) electrons. The third-order valence-corrected chi connectivity index (χ3v) is 4.94. The maximum absolute atomic E-state index is 13.4. The summed E-state index contributed by atoms with van der Waals surface area (Å²) < 4.78 is 23.8. The van der Waals surface area contributed by atoms with Crippen molar-refractivity contribution in [2.45, 2.75) is 39.3 Å². The number of hydrogen-bond donors (Lipinski definition) is 3. The SMILES string of the molecule is CCOC(=O)c1cc2cc(NC(=O)[C@@H](C(=O)OC(C)(C)C)C(N)c3ccc(F)cc3)ccc2[nH]1. The number of ether oxygens (including phenoxy) is 2. The zero-order chi connectivity index (χ0) is 25.0. The van der Waals surface area contributed by atoms with Crippen LogP contribution in [-0.4, -0.2) is 35.0 Å². The molecule has 0 saturated heterocycles. The molecule has 3 rings (SSSR count). The molecule has 0 aliphatic carbocycles. The number of anilines is 1. The maximum Gasteiger partial charge on any atom is 0.354 e. The van der Waals surface area contributed by atoms with E-state index in [1.54, 1.807) is 52.0 Å². The van der Waals surface area contributed by atoms with E-state index in [0.29, 0.717) is 22.2 Å². The highest BCUT2D eigenvalue weighted by molar-refractivity contribution is 6.06. The monoisotopic (exact) mass is 469 g/mol. The van der Waals surface area contributed by atoms with Gasteiger partial charge in [-0.1, -0.05) is 12.1 Å². The van der Waals surface area contributed by atoms with Crippen molar-refractivity contribution >= 4 is 34.4 Å². The molecule has 8 nitrogen and oxygen atoms in total. The number of fused-ring (bicyclic) bond motifs is 1. The molecule has 4 N–H and O–H groups in total. The van der Waals surface area contributed by atoms with Gasteiger partial charge in [0.25, 0.3) is 0 Å². The van der Waals surface area contributed by atoms with Crippen LogP contribution in [0.1, 0.15) is 49.8 Å². The fraction of sp³-hybridized carbons (Fsp3) is 0.320. The summed E-state index contributed by atoms with van der Waals surface area (Å²) >= 11 is 0. The van der Waals surface area contributed by atoms with E-state index in [-0.39, 0.29) is 12.3 Å². The van der Waals surface area contributed by atoms with Crippen molar-refractivity contribution in [3.05, 3.63) is 65.6 Å². The van der Waals surface area contributed by atoms with Crippen LogP contribution < -0.4 is 11.1 Å². The molecule has 0 aliphatic rings. The van der Waals surface area contributed by atoms with E-state index >= 15 is 0 Å². The Morgan fingerprint density at radius 2 is 1.76 bits per heavy atom. The van der Waals surface area contributed by atoms with E-state index < -0.39 is 41.2 Å². The normalized spacial score (nSPS) is 13.2. The van der Waals surface area contributed by atoms with E-state index in [2.05, 4.69) is 10.3 Å². The van der Waals surface area contributed by atoms with Gasteiger partial charge >= 0.3 is 11.9 Å². The number of hydrogen-bond acceptors (Lipinski definition) is 6. The Balaban J connectivity index is 1.88. The first-order valence-corrected chi connectivity index (χ1v) is 10.8. The van der Waals surface area contributed by atoms with Crippen molar-refractivity contribution in [3.63, 3.8) is 0 Å². The Bertz CT molecular complexity index is 1200. The van der Waals surface area contributed by atoms with Gasteiger partial charge < -0.3 is 25.5 Å². The molecule has 1 unspecified atom stereocenters. The molecule has 180 valence electrons. The number of esters is 2. The lowest BCUT2D eigenvalue weighted by Gasteiger charge is -2.27. The minimum absolute atomic E-state index is 0.246. The smallest absolute Gasteiger partial charge is 0.354 e. The molecular weight excluding hydrogens is 441 g/mol. The van der Waals surface area contributed by atoms with Gasteiger partial charge in [-0.15, -0.1) is 0 Å². The zero-order valence-electron chi connectivity index (χ0n) is 19.5. The number of H-pyrrole nitrogens is 1. The topological polar surface area (TPSA) is 124 Å². The summed E-state index contributed by atoms with van der Waals surface area (Å²) in [5, 5.41) is 3.37. The second-order valence-electron chi connectivity index (χ2n) is 8.78. The molecule has 3 aromatic rings. The number of rotatable bonds is 7. The Hall–Kier alpha value is -3.72. The molecule has 34 heavy (non-hydrogen) atoms. The zero-order valence-corrected chi connectivity index (χ0v) is 19.5. The van der Waals surface area contributed by atoms with Crippen LogP contribution in [-0.2, 0) is 19.1 Å². The Morgan fingerprint density at radius 1 is 1.09 bits per heavy atom. The second kappa shape index (κ2) is 10.0. The van der Waals surface area contributed by atoms with Gasteiger partial charge in [-0.05, 0) is 69.7 Å². The van der Waals surface area contributed by atoms with Crippen molar-refractivity contribution in [1.82, 2.24) is 4.98 Å². The lowest BCUT2D eigenvalue weighted by atomic mass is 9.92. The van der Waals surface area contributed by atoms with E-state index in [4.69, 9.17) is 15.2 Å². The molecule has 0 saturated carbocycles. The van der Waals surface area contributed by atoms with E-state index in [1.165, 1.54) is 24.3 Å². The third kappa shape index (κ3) is 5.99. The summed E-state index contributed by atoms with van der Waals surface area (Å²) in [6, 6.07) is 10.8. The second-order valence-corrected chi connectivity index (χ2v) is 8.78. The van der Waals surface area contributed by atoms with E-state index in [0.717, 1.165) is 0 Å². The van der Waals surface area contributed by atoms with Crippen LogP contribution in [0.15, 0.2) is 48.5 Å². The van der Waals surface area contributed by atoms with Crippen LogP contribution in [0.25, 0.3) is 10.9 Å². The first-order valence-electron chi connectivity index (χ1n) is 10.8. The number of nitrogens with one attached hydrogen (secondary N) is 2. The van der Waals surface area contributed by atoms with Crippen LogP contribution in [0.5, 0.6) is 0 Å². The molecule has 0 fully saturated rings. The molecule has 2 atom stereocenters. The summed E-state index contributed by atoms with van der Waals surface area (Å²) in [5.74, 6) is -3.81. The quantitative estimate of drug-likeness (QED) is 0.354. The number of amides is 1. The molecule has 0 aliphatic heterocycles. The van der Waals surface area contributed by atoms with Crippen LogP contribution >= 0.6 is 0 Å². The average Bonchev–Trinajstić information content (AvgIpc) is 3.17. The summed E-state index contributed by atoms with van der Waals surface area (Å²) in [6.07, 6.45) is 0. The molecule has 1 aromatic heterocycles. The van der Waals surface area contributed by atoms with Crippen molar-refractivity contribution in [1.29, 1.82) is 0 Å². The van der Waals surface area contributed by atoms with Gasteiger partial charge in [-0.2, -0.15) is 0 Å². The first kappa shape index (κ1) is 24.9. The van der Waals surface area contributed by atoms with E-state index in [1.807, 2.05) is 0 Å². The number of nitrogens with two attached hydrogens (primary N) is 1.